The zero-order valence-corrected chi connectivity index (χ0v) is 9.72. The van der Waals surface area contributed by atoms with E-state index in [9.17, 15) is 4.79 Å². The van der Waals surface area contributed by atoms with Gasteiger partial charge in [0.05, 0.1) is 6.54 Å². The molecule has 0 radical (unpaired) electrons. The van der Waals surface area contributed by atoms with Gasteiger partial charge in [0.1, 0.15) is 19.0 Å². The number of hydrogen-bond acceptors (Lipinski definition) is 4. The van der Waals surface area contributed by atoms with Crippen molar-refractivity contribution in [2.45, 2.75) is 0 Å². The molecule has 4 nitrogen and oxygen atoms in total. The molecule has 0 saturated heterocycles. The molecule has 1 aromatic carbocycles. The molecule has 4 heteroatoms. The van der Waals surface area contributed by atoms with Gasteiger partial charge in [-0.2, -0.15) is 0 Å². The highest BCUT2D eigenvalue weighted by Gasteiger charge is 2.00. The fourth-order valence-corrected chi connectivity index (χ4v) is 1.16. The number of benzene rings is 1. The molecule has 17 heavy (non-hydrogen) atoms. The van der Waals surface area contributed by atoms with Gasteiger partial charge in [-0.3, -0.25) is 4.79 Å². The van der Waals surface area contributed by atoms with Gasteiger partial charge < -0.3 is 14.8 Å². The molecule has 0 bridgehead atoms. The van der Waals surface area contributed by atoms with Crippen LogP contribution < -0.4 is 10.1 Å². The molecule has 0 fully saturated rings. The zero-order chi connectivity index (χ0) is 12.3. The lowest BCUT2D eigenvalue weighted by Crippen LogP contribution is -2.26. The molecular weight excluding hydrogens is 218 g/mol. The highest BCUT2D eigenvalue weighted by Crippen LogP contribution is 2.07. The van der Waals surface area contributed by atoms with Gasteiger partial charge in [0.25, 0.3) is 0 Å². The number of para-hydroxylation sites is 1. The number of ether oxygens (including phenoxy) is 2. The van der Waals surface area contributed by atoms with E-state index in [1.165, 1.54) is 0 Å². The topological polar surface area (TPSA) is 47.6 Å². The molecular formula is C13H17NO3. The molecule has 92 valence electrons. The summed E-state index contributed by atoms with van der Waals surface area (Å²) in [7, 11) is 0. The van der Waals surface area contributed by atoms with Crippen LogP contribution in [0.15, 0.2) is 43.0 Å². The number of rotatable bonds is 8. The van der Waals surface area contributed by atoms with Crippen molar-refractivity contribution in [2.24, 2.45) is 0 Å². The van der Waals surface area contributed by atoms with Crippen molar-refractivity contribution in [3.63, 3.8) is 0 Å². The molecule has 0 aliphatic heterocycles. The highest BCUT2D eigenvalue weighted by molar-refractivity contribution is 5.71. The Bertz CT molecular complexity index is 338. The molecule has 0 atom stereocenters. The second kappa shape index (κ2) is 8.35. The fourth-order valence-electron chi connectivity index (χ4n) is 1.16. The smallest absolute Gasteiger partial charge is 0.320 e. The van der Waals surface area contributed by atoms with E-state index in [1.807, 2.05) is 30.3 Å². The maximum absolute atomic E-state index is 11.2. The number of esters is 1. The lowest BCUT2D eigenvalue weighted by Gasteiger charge is -2.07. The Morgan fingerprint density at radius 1 is 1.29 bits per heavy atom. The summed E-state index contributed by atoms with van der Waals surface area (Å²) in [5, 5.41) is 2.86. The van der Waals surface area contributed by atoms with Crippen LogP contribution in [0.3, 0.4) is 0 Å². The second-order valence-corrected chi connectivity index (χ2v) is 3.30. The third-order valence-electron chi connectivity index (χ3n) is 1.92. The Labute approximate surface area is 101 Å². The first kappa shape index (κ1) is 13.3. The van der Waals surface area contributed by atoms with Crippen LogP contribution in [0.25, 0.3) is 0 Å². The number of carbonyl (C=O) groups excluding carboxylic acids is 1. The molecule has 0 amide bonds. The summed E-state index contributed by atoms with van der Waals surface area (Å²) in [6, 6.07) is 9.40. The summed E-state index contributed by atoms with van der Waals surface area (Å²) < 4.78 is 10.3. The van der Waals surface area contributed by atoms with Gasteiger partial charge in [0.2, 0.25) is 0 Å². The minimum atomic E-state index is -0.288. The minimum Gasteiger partial charge on any atom is -0.490 e. The van der Waals surface area contributed by atoms with Crippen LogP contribution in [-0.2, 0) is 9.53 Å². The SMILES string of the molecule is C=CCNCC(=O)OCCOc1ccccc1. The van der Waals surface area contributed by atoms with Gasteiger partial charge in [-0.15, -0.1) is 6.58 Å². The van der Waals surface area contributed by atoms with Crippen molar-refractivity contribution in [2.75, 3.05) is 26.3 Å². The maximum atomic E-state index is 11.2. The maximum Gasteiger partial charge on any atom is 0.320 e. The molecule has 0 unspecified atom stereocenters. The largest absolute Gasteiger partial charge is 0.490 e. The summed E-state index contributed by atoms with van der Waals surface area (Å²) in [4.78, 5) is 11.2. The van der Waals surface area contributed by atoms with Crippen molar-refractivity contribution in [3.8, 4) is 5.75 Å². The Morgan fingerprint density at radius 3 is 2.76 bits per heavy atom. The third-order valence-corrected chi connectivity index (χ3v) is 1.92. The van der Waals surface area contributed by atoms with E-state index in [0.717, 1.165) is 5.75 Å². The first-order valence-electron chi connectivity index (χ1n) is 5.48. The number of carbonyl (C=O) groups is 1. The Hall–Kier alpha value is -1.81. The monoisotopic (exact) mass is 235 g/mol. The summed E-state index contributed by atoms with van der Waals surface area (Å²) in [6.45, 7) is 4.93. The minimum absolute atomic E-state index is 0.192. The van der Waals surface area contributed by atoms with Gasteiger partial charge >= 0.3 is 5.97 Å². The Kier molecular flexibility index (Phi) is 6.51. The normalized spacial score (nSPS) is 9.65. The van der Waals surface area contributed by atoms with Crippen molar-refractivity contribution in [3.05, 3.63) is 43.0 Å². The zero-order valence-electron chi connectivity index (χ0n) is 9.72. The predicted octanol–water partition coefficient (Wildman–Crippen LogP) is 1.38. The Morgan fingerprint density at radius 2 is 2.06 bits per heavy atom. The van der Waals surface area contributed by atoms with E-state index in [-0.39, 0.29) is 19.1 Å². The molecule has 0 aromatic heterocycles. The van der Waals surface area contributed by atoms with E-state index >= 15 is 0 Å². The van der Waals surface area contributed by atoms with E-state index in [4.69, 9.17) is 9.47 Å². The first-order chi connectivity index (χ1) is 8.33. The molecule has 0 saturated carbocycles. The lowest BCUT2D eigenvalue weighted by atomic mass is 10.3. The molecule has 1 rings (SSSR count). The quantitative estimate of drug-likeness (QED) is 0.420. The number of hydrogen-bond donors (Lipinski definition) is 1. The van der Waals surface area contributed by atoms with Crippen LogP contribution in [0, 0.1) is 0 Å². The van der Waals surface area contributed by atoms with Crippen molar-refractivity contribution < 1.29 is 14.3 Å². The van der Waals surface area contributed by atoms with E-state index in [1.54, 1.807) is 6.08 Å². The van der Waals surface area contributed by atoms with Gasteiger partial charge in [-0.1, -0.05) is 24.3 Å². The average molecular weight is 235 g/mol. The molecule has 1 aromatic rings. The van der Waals surface area contributed by atoms with Gasteiger partial charge in [-0.05, 0) is 12.1 Å². The van der Waals surface area contributed by atoms with Gasteiger partial charge in [0, 0.05) is 6.54 Å². The molecule has 0 aliphatic rings. The summed E-state index contributed by atoms with van der Waals surface area (Å²) in [6.07, 6.45) is 1.69. The highest BCUT2D eigenvalue weighted by atomic mass is 16.6. The molecule has 0 spiro atoms. The standard InChI is InChI=1S/C13H17NO3/c1-2-8-14-11-13(15)17-10-9-16-12-6-4-3-5-7-12/h2-7,14H,1,8-11H2. The van der Waals surface area contributed by atoms with Gasteiger partial charge in [0.15, 0.2) is 0 Å². The van der Waals surface area contributed by atoms with Crippen molar-refractivity contribution in [1.29, 1.82) is 0 Å². The van der Waals surface area contributed by atoms with Crippen LogP contribution in [-0.4, -0.2) is 32.3 Å². The fraction of sp³-hybridized carbons (Fsp3) is 0.308. The third kappa shape index (κ3) is 6.37. The number of nitrogens with one attached hydrogen (secondary N) is 1. The van der Waals surface area contributed by atoms with Crippen molar-refractivity contribution in [1.82, 2.24) is 5.32 Å². The average Bonchev–Trinajstić information content (AvgIpc) is 2.36. The van der Waals surface area contributed by atoms with Crippen LogP contribution in [0.2, 0.25) is 0 Å². The summed E-state index contributed by atoms with van der Waals surface area (Å²) >= 11 is 0. The van der Waals surface area contributed by atoms with Crippen LogP contribution in [0.4, 0.5) is 0 Å². The summed E-state index contributed by atoms with van der Waals surface area (Å²) in [5.74, 6) is 0.483. The van der Waals surface area contributed by atoms with Gasteiger partial charge in [-0.25, -0.2) is 0 Å². The molecule has 0 heterocycles. The second-order valence-electron chi connectivity index (χ2n) is 3.30. The van der Waals surface area contributed by atoms with E-state index < -0.39 is 0 Å². The van der Waals surface area contributed by atoms with Crippen LogP contribution in [0.1, 0.15) is 0 Å². The van der Waals surface area contributed by atoms with Crippen LogP contribution >= 0.6 is 0 Å². The Balaban J connectivity index is 2.04. The van der Waals surface area contributed by atoms with E-state index in [0.29, 0.717) is 13.2 Å². The molecule has 1 N–H and O–H groups in total. The van der Waals surface area contributed by atoms with Crippen molar-refractivity contribution >= 4 is 5.97 Å². The van der Waals surface area contributed by atoms with E-state index in [2.05, 4.69) is 11.9 Å². The molecule has 0 aliphatic carbocycles. The lowest BCUT2D eigenvalue weighted by molar-refractivity contribution is -0.143. The first-order valence-corrected chi connectivity index (χ1v) is 5.48. The predicted molar refractivity (Wildman–Crippen MR) is 66.0 cm³/mol. The summed E-state index contributed by atoms with van der Waals surface area (Å²) in [5.41, 5.74) is 0. The van der Waals surface area contributed by atoms with Crippen LogP contribution in [0.5, 0.6) is 5.75 Å².